The van der Waals surface area contributed by atoms with Gasteiger partial charge in [-0.15, -0.1) is 0 Å². The van der Waals surface area contributed by atoms with Crippen molar-refractivity contribution in [3.05, 3.63) is 0 Å². The number of carbonyl (C=O) groups excluding carboxylic acids is 3. The van der Waals surface area contributed by atoms with Gasteiger partial charge in [0, 0.05) is 0 Å². The fourth-order valence-electron chi connectivity index (χ4n) is 0.950. The van der Waals surface area contributed by atoms with E-state index < -0.39 is 42.7 Å². The molecule has 0 fully saturated rings. The van der Waals surface area contributed by atoms with Gasteiger partial charge in [0.15, 0.2) is 0 Å². The summed E-state index contributed by atoms with van der Waals surface area (Å²) in [5.41, 5.74) is 9.91. The van der Waals surface area contributed by atoms with Gasteiger partial charge in [0.05, 0.1) is 13.0 Å². The van der Waals surface area contributed by atoms with Gasteiger partial charge < -0.3 is 27.2 Å². The van der Waals surface area contributed by atoms with Gasteiger partial charge in [0.25, 0.3) is 0 Å². The van der Waals surface area contributed by atoms with Crippen LogP contribution in [0.5, 0.6) is 0 Å². The monoisotopic (exact) mass is 246 g/mol. The molecule has 1 atom stereocenters. The predicted octanol–water partition coefficient (Wildman–Crippen LogP) is -3.49. The lowest BCUT2D eigenvalue weighted by Gasteiger charge is -2.15. The van der Waals surface area contributed by atoms with Crippen molar-refractivity contribution in [3.63, 3.8) is 0 Å². The van der Waals surface area contributed by atoms with Crippen LogP contribution in [0, 0.1) is 0 Å². The van der Waals surface area contributed by atoms with E-state index in [2.05, 4.69) is 5.32 Å². The molecule has 0 aromatic rings. The number of carboxylic acid groups (broad SMARTS) is 1. The van der Waals surface area contributed by atoms with Crippen LogP contribution in [0.25, 0.3) is 0 Å². The van der Waals surface area contributed by atoms with Crippen molar-refractivity contribution in [3.8, 4) is 0 Å². The molecule has 17 heavy (non-hydrogen) atoms. The SMILES string of the molecule is NCC(=O)N[C@H](CC(N)=O)C(=O)NCC(=O)O. The Morgan fingerprint density at radius 2 is 1.82 bits per heavy atom. The third kappa shape index (κ3) is 6.84. The van der Waals surface area contributed by atoms with Crippen LogP contribution in [-0.2, 0) is 19.2 Å². The summed E-state index contributed by atoms with van der Waals surface area (Å²) < 4.78 is 0. The number of nitrogens with one attached hydrogen (secondary N) is 2. The zero-order valence-electron chi connectivity index (χ0n) is 8.93. The molecule has 0 radical (unpaired) electrons. The molecule has 7 N–H and O–H groups in total. The minimum atomic E-state index is -1.25. The summed E-state index contributed by atoms with van der Waals surface area (Å²) in [6.07, 6.45) is -0.433. The molecule has 3 amide bonds. The van der Waals surface area contributed by atoms with Crippen molar-refractivity contribution in [1.29, 1.82) is 0 Å². The highest BCUT2D eigenvalue weighted by molar-refractivity contribution is 5.93. The van der Waals surface area contributed by atoms with E-state index in [9.17, 15) is 19.2 Å². The van der Waals surface area contributed by atoms with Crippen molar-refractivity contribution in [2.75, 3.05) is 13.1 Å². The summed E-state index contributed by atoms with van der Waals surface area (Å²) in [7, 11) is 0. The molecule has 0 saturated carbocycles. The van der Waals surface area contributed by atoms with Crippen molar-refractivity contribution >= 4 is 23.7 Å². The third-order valence-electron chi connectivity index (χ3n) is 1.66. The minimum Gasteiger partial charge on any atom is -0.480 e. The molecule has 0 aromatic carbocycles. The number of primary amides is 1. The van der Waals surface area contributed by atoms with Crippen LogP contribution in [0.4, 0.5) is 0 Å². The van der Waals surface area contributed by atoms with Crippen LogP contribution in [0.3, 0.4) is 0 Å². The quantitative estimate of drug-likeness (QED) is 0.312. The molecule has 0 aliphatic heterocycles. The van der Waals surface area contributed by atoms with Gasteiger partial charge in [-0.3, -0.25) is 19.2 Å². The maximum absolute atomic E-state index is 11.4. The van der Waals surface area contributed by atoms with E-state index in [4.69, 9.17) is 16.6 Å². The summed E-state index contributed by atoms with van der Waals surface area (Å²) in [5.74, 6) is -3.52. The molecule has 0 aliphatic rings. The Balaban J connectivity index is 4.44. The first kappa shape index (κ1) is 14.8. The van der Waals surface area contributed by atoms with E-state index >= 15 is 0 Å². The molecule has 96 valence electrons. The van der Waals surface area contributed by atoms with Gasteiger partial charge in [0.2, 0.25) is 17.7 Å². The molecular weight excluding hydrogens is 232 g/mol. The molecule has 0 bridgehead atoms. The van der Waals surface area contributed by atoms with Crippen molar-refractivity contribution in [1.82, 2.24) is 10.6 Å². The smallest absolute Gasteiger partial charge is 0.322 e. The van der Waals surface area contributed by atoms with E-state index in [-0.39, 0.29) is 6.54 Å². The second-order valence-corrected chi connectivity index (χ2v) is 3.11. The Labute approximate surface area is 96.5 Å². The van der Waals surface area contributed by atoms with Crippen LogP contribution >= 0.6 is 0 Å². The fourth-order valence-corrected chi connectivity index (χ4v) is 0.950. The number of aliphatic carboxylic acids is 1. The summed E-state index contributed by atoms with van der Waals surface area (Å²) in [4.78, 5) is 43.2. The summed E-state index contributed by atoms with van der Waals surface area (Å²) in [6.45, 7) is -0.978. The number of carbonyl (C=O) groups is 4. The van der Waals surface area contributed by atoms with Crippen molar-refractivity contribution in [2.45, 2.75) is 12.5 Å². The molecule has 0 heterocycles. The molecule has 9 heteroatoms. The molecule has 0 rings (SSSR count). The van der Waals surface area contributed by atoms with E-state index in [1.807, 2.05) is 5.32 Å². The van der Waals surface area contributed by atoms with E-state index in [0.29, 0.717) is 0 Å². The zero-order valence-corrected chi connectivity index (χ0v) is 8.93. The van der Waals surface area contributed by atoms with Crippen LogP contribution in [0.15, 0.2) is 0 Å². The average molecular weight is 246 g/mol. The molecule has 0 aromatic heterocycles. The van der Waals surface area contributed by atoms with Crippen LogP contribution in [0.2, 0.25) is 0 Å². The fraction of sp³-hybridized carbons (Fsp3) is 0.500. The minimum absolute atomic E-state index is 0.360. The molecule has 0 saturated heterocycles. The first-order valence-corrected chi connectivity index (χ1v) is 4.64. The standard InChI is InChI=1S/C8H14N4O5/c9-2-6(14)12-4(1-5(10)13)8(17)11-3-7(15)16/h4H,1-3,9H2,(H2,10,13)(H,11,17)(H,12,14)(H,15,16)/t4-/m1/s1. The Bertz CT molecular complexity index is 330. The van der Waals surface area contributed by atoms with Gasteiger partial charge in [0.1, 0.15) is 12.6 Å². The van der Waals surface area contributed by atoms with Gasteiger partial charge in [-0.25, -0.2) is 0 Å². The molecule has 0 spiro atoms. The van der Waals surface area contributed by atoms with Crippen molar-refractivity contribution in [2.24, 2.45) is 11.5 Å². The summed E-state index contributed by atoms with van der Waals surface area (Å²) in [6, 6.07) is -1.22. The molecule has 9 nitrogen and oxygen atoms in total. The Morgan fingerprint density at radius 1 is 1.24 bits per heavy atom. The average Bonchev–Trinajstić information content (AvgIpc) is 2.23. The van der Waals surface area contributed by atoms with E-state index in [1.165, 1.54) is 0 Å². The van der Waals surface area contributed by atoms with Gasteiger partial charge in [-0.05, 0) is 0 Å². The van der Waals surface area contributed by atoms with Gasteiger partial charge >= 0.3 is 5.97 Å². The number of hydrogen-bond donors (Lipinski definition) is 5. The lowest BCUT2D eigenvalue weighted by atomic mass is 10.2. The van der Waals surface area contributed by atoms with E-state index in [1.54, 1.807) is 0 Å². The number of rotatable bonds is 7. The maximum atomic E-state index is 11.4. The van der Waals surface area contributed by atoms with Crippen molar-refractivity contribution < 1.29 is 24.3 Å². The highest BCUT2D eigenvalue weighted by Crippen LogP contribution is 1.91. The van der Waals surface area contributed by atoms with Crippen LogP contribution in [0.1, 0.15) is 6.42 Å². The molecule has 0 aliphatic carbocycles. The second kappa shape index (κ2) is 7.17. The van der Waals surface area contributed by atoms with Crippen LogP contribution in [-0.4, -0.2) is 47.9 Å². The number of hydrogen-bond acceptors (Lipinski definition) is 5. The Morgan fingerprint density at radius 3 is 2.24 bits per heavy atom. The second-order valence-electron chi connectivity index (χ2n) is 3.11. The highest BCUT2D eigenvalue weighted by Gasteiger charge is 2.22. The largest absolute Gasteiger partial charge is 0.480 e. The Hall–Kier alpha value is -2.16. The topological polar surface area (TPSA) is 165 Å². The lowest BCUT2D eigenvalue weighted by molar-refractivity contribution is -0.138. The normalized spacial score (nSPS) is 11.4. The number of amides is 3. The molecule has 0 unspecified atom stereocenters. The highest BCUT2D eigenvalue weighted by atomic mass is 16.4. The number of carboxylic acids is 1. The third-order valence-corrected chi connectivity index (χ3v) is 1.66. The van der Waals surface area contributed by atoms with Gasteiger partial charge in [-0.1, -0.05) is 0 Å². The first-order chi connectivity index (χ1) is 7.86. The first-order valence-electron chi connectivity index (χ1n) is 4.64. The Kier molecular flexibility index (Phi) is 6.26. The zero-order chi connectivity index (χ0) is 13.4. The summed E-state index contributed by atoms with van der Waals surface area (Å²) in [5, 5.41) is 12.5. The summed E-state index contributed by atoms with van der Waals surface area (Å²) >= 11 is 0. The maximum Gasteiger partial charge on any atom is 0.322 e. The van der Waals surface area contributed by atoms with Crippen LogP contribution < -0.4 is 22.1 Å². The number of nitrogens with two attached hydrogens (primary N) is 2. The van der Waals surface area contributed by atoms with Gasteiger partial charge in [-0.2, -0.15) is 0 Å². The lowest BCUT2D eigenvalue weighted by Crippen LogP contribution is -2.50. The van der Waals surface area contributed by atoms with E-state index in [0.717, 1.165) is 0 Å². The molecular formula is C8H14N4O5. The predicted molar refractivity (Wildman–Crippen MR) is 55.4 cm³/mol.